The van der Waals surface area contributed by atoms with Crippen molar-refractivity contribution in [2.24, 2.45) is 5.10 Å². The van der Waals surface area contributed by atoms with Crippen LogP contribution < -0.4 is 20.2 Å². The summed E-state index contributed by atoms with van der Waals surface area (Å²) in [4.78, 5) is 0. The Kier molecular flexibility index (Phi) is 8.00. The van der Waals surface area contributed by atoms with Crippen molar-refractivity contribution in [1.29, 1.82) is 0 Å². The maximum atomic E-state index is 5.78. The first kappa shape index (κ1) is 18.5. The lowest BCUT2D eigenvalue weighted by molar-refractivity contribution is 0.217. The Morgan fingerprint density at radius 2 is 1.76 bits per heavy atom. The molecule has 0 spiro atoms. The number of hydrogen-bond donors (Lipinski definition) is 2. The summed E-state index contributed by atoms with van der Waals surface area (Å²) in [6.07, 6.45) is 3.38. The molecule has 0 aliphatic rings. The summed E-state index contributed by atoms with van der Waals surface area (Å²) in [6, 6.07) is 17.3. The normalized spacial score (nSPS) is 10.2. The molecule has 6 heteroatoms. The molecule has 0 heterocycles. The predicted octanol–water partition coefficient (Wildman–Crippen LogP) is 3.13. The fourth-order valence-electron chi connectivity index (χ4n) is 1.91. The Hall–Kier alpha value is -2.86. The van der Waals surface area contributed by atoms with Gasteiger partial charge in [-0.3, -0.25) is 5.43 Å². The third-order valence-electron chi connectivity index (χ3n) is 3.05. The molecule has 5 nitrogen and oxygen atoms in total. The second-order valence-electron chi connectivity index (χ2n) is 4.92. The van der Waals surface area contributed by atoms with E-state index in [1.807, 2.05) is 54.6 Å². The number of nitrogens with one attached hydrogen (secondary N) is 2. The molecule has 0 saturated carbocycles. The Bertz CT molecular complexity index is 705. The maximum Gasteiger partial charge on any atom is 0.187 e. The largest absolute Gasteiger partial charge is 0.490 e. The maximum absolute atomic E-state index is 5.78. The number of benzene rings is 2. The molecule has 2 aromatic rings. The summed E-state index contributed by atoms with van der Waals surface area (Å²) in [5.41, 5.74) is 3.59. The lowest BCUT2D eigenvalue weighted by Crippen LogP contribution is -2.31. The fraction of sp³-hybridized carbons (Fsp3) is 0.158. The fourth-order valence-corrected chi connectivity index (χ4v) is 2.05. The van der Waals surface area contributed by atoms with Gasteiger partial charge in [-0.15, -0.1) is 6.58 Å². The molecule has 2 aromatic carbocycles. The van der Waals surface area contributed by atoms with Gasteiger partial charge >= 0.3 is 0 Å². The average Bonchev–Trinajstić information content (AvgIpc) is 2.65. The summed E-state index contributed by atoms with van der Waals surface area (Å²) in [5, 5.41) is 7.47. The van der Waals surface area contributed by atoms with Crippen molar-refractivity contribution in [3.63, 3.8) is 0 Å². The van der Waals surface area contributed by atoms with Crippen molar-refractivity contribution in [3.8, 4) is 11.5 Å². The first-order valence-electron chi connectivity index (χ1n) is 7.87. The van der Waals surface area contributed by atoms with Crippen LogP contribution in [0.1, 0.15) is 5.56 Å². The van der Waals surface area contributed by atoms with Gasteiger partial charge in [0.25, 0.3) is 0 Å². The van der Waals surface area contributed by atoms with Gasteiger partial charge in [0.2, 0.25) is 0 Å². The van der Waals surface area contributed by atoms with Gasteiger partial charge < -0.3 is 14.8 Å². The minimum atomic E-state index is 0.436. The van der Waals surface area contributed by atoms with Gasteiger partial charge in [0.05, 0.1) is 6.21 Å². The summed E-state index contributed by atoms with van der Waals surface area (Å²) in [7, 11) is 0. The zero-order chi connectivity index (χ0) is 17.7. The Labute approximate surface area is 153 Å². The second kappa shape index (κ2) is 10.8. The van der Waals surface area contributed by atoms with Crippen LogP contribution in [0.5, 0.6) is 11.5 Å². The lowest BCUT2D eigenvalue weighted by Gasteiger charge is -2.10. The molecular weight excluding hydrogens is 334 g/mol. The van der Waals surface area contributed by atoms with Crippen molar-refractivity contribution in [3.05, 3.63) is 72.8 Å². The molecule has 0 unspecified atom stereocenters. The standard InChI is InChI=1S/C19H21N3O2S/c1-2-12-20-19(25)22-21-15-16-8-6-7-11-18(16)24-14-13-23-17-9-4-3-5-10-17/h2-11,15H,1,12-14H2,(H2,20,22,25)/b21-15+. The number of ether oxygens (including phenoxy) is 2. The smallest absolute Gasteiger partial charge is 0.187 e. The molecule has 130 valence electrons. The van der Waals surface area contributed by atoms with Crippen molar-refractivity contribution in [1.82, 2.24) is 10.7 Å². The van der Waals surface area contributed by atoms with Gasteiger partial charge in [0.1, 0.15) is 24.7 Å². The van der Waals surface area contributed by atoms with E-state index in [9.17, 15) is 0 Å². The average molecular weight is 355 g/mol. The Morgan fingerprint density at radius 3 is 2.56 bits per heavy atom. The molecule has 0 saturated heterocycles. The third-order valence-corrected chi connectivity index (χ3v) is 3.28. The van der Waals surface area contributed by atoms with E-state index in [4.69, 9.17) is 21.7 Å². The van der Waals surface area contributed by atoms with Gasteiger partial charge in [-0.25, -0.2) is 0 Å². The van der Waals surface area contributed by atoms with E-state index in [0.717, 1.165) is 17.1 Å². The van der Waals surface area contributed by atoms with Crippen LogP contribution in [0.3, 0.4) is 0 Å². The van der Waals surface area contributed by atoms with E-state index in [0.29, 0.717) is 24.9 Å². The topological polar surface area (TPSA) is 54.9 Å². The van der Waals surface area contributed by atoms with E-state index >= 15 is 0 Å². The third kappa shape index (κ3) is 7.05. The van der Waals surface area contributed by atoms with Gasteiger partial charge in [-0.1, -0.05) is 36.4 Å². The van der Waals surface area contributed by atoms with Crippen molar-refractivity contribution < 1.29 is 9.47 Å². The van der Waals surface area contributed by atoms with Crippen LogP contribution in [0, 0.1) is 0 Å². The van der Waals surface area contributed by atoms with E-state index in [1.165, 1.54) is 0 Å². The molecule has 0 radical (unpaired) electrons. The number of rotatable bonds is 9. The molecule has 0 fully saturated rings. The molecule has 25 heavy (non-hydrogen) atoms. The van der Waals surface area contributed by atoms with E-state index in [2.05, 4.69) is 22.4 Å². The zero-order valence-electron chi connectivity index (χ0n) is 13.9. The van der Waals surface area contributed by atoms with Gasteiger partial charge in [-0.2, -0.15) is 5.10 Å². The number of hydrazone groups is 1. The number of para-hydroxylation sites is 2. The summed E-state index contributed by atoms with van der Waals surface area (Å²) in [5.74, 6) is 1.56. The predicted molar refractivity (Wildman–Crippen MR) is 105 cm³/mol. The highest BCUT2D eigenvalue weighted by molar-refractivity contribution is 7.80. The number of nitrogens with zero attached hydrogens (tertiary/aromatic N) is 1. The van der Waals surface area contributed by atoms with Gasteiger partial charge in [-0.05, 0) is 36.5 Å². The molecule has 2 rings (SSSR count). The van der Waals surface area contributed by atoms with Crippen LogP contribution >= 0.6 is 12.2 Å². The monoisotopic (exact) mass is 355 g/mol. The first-order valence-corrected chi connectivity index (χ1v) is 8.28. The van der Waals surface area contributed by atoms with Gasteiger partial charge in [0.15, 0.2) is 5.11 Å². The van der Waals surface area contributed by atoms with E-state index in [1.54, 1.807) is 12.3 Å². The molecule has 2 N–H and O–H groups in total. The van der Waals surface area contributed by atoms with Crippen molar-refractivity contribution in [2.75, 3.05) is 19.8 Å². The highest BCUT2D eigenvalue weighted by Crippen LogP contribution is 2.16. The lowest BCUT2D eigenvalue weighted by atomic mass is 10.2. The quantitative estimate of drug-likeness (QED) is 0.238. The Balaban J connectivity index is 1.81. The second-order valence-corrected chi connectivity index (χ2v) is 5.32. The van der Waals surface area contributed by atoms with Crippen LogP contribution in [-0.2, 0) is 0 Å². The molecular formula is C19H21N3O2S. The Morgan fingerprint density at radius 1 is 1.04 bits per heavy atom. The van der Waals surface area contributed by atoms with Crippen LogP contribution in [0.25, 0.3) is 0 Å². The van der Waals surface area contributed by atoms with Crippen LogP contribution in [0.15, 0.2) is 72.4 Å². The SMILES string of the molecule is C=CCNC(=S)N/N=C/c1ccccc1OCCOc1ccccc1. The molecule has 0 aliphatic carbocycles. The van der Waals surface area contributed by atoms with E-state index < -0.39 is 0 Å². The zero-order valence-corrected chi connectivity index (χ0v) is 14.7. The summed E-state index contributed by atoms with van der Waals surface area (Å²) < 4.78 is 11.4. The first-order chi connectivity index (χ1) is 12.3. The van der Waals surface area contributed by atoms with Crippen molar-refractivity contribution >= 4 is 23.5 Å². The molecule has 0 aromatic heterocycles. The molecule has 0 atom stereocenters. The molecule has 0 bridgehead atoms. The highest BCUT2D eigenvalue weighted by Gasteiger charge is 2.01. The highest BCUT2D eigenvalue weighted by atomic mass is 32.1. The summed E-state index contributed by atoms with van der Waals surface area (Å²) >= 11 is 5.07. The number of hydrogen-bond acceptors (Lipinski definition) is 4. The molecule has 0 amide bonds. The van der Waals surface area contributed by atoms with E-state index in [-0.39, 0.29) is 0 Å². The van der Waals surface area contributed by atoms with Crippen LogP contribution in [0.2, 0.25) is 0 Å². The number of thiocarbonyl (C=S) groups is 1. The van der Waals surface area contributed by atoms with Gasteiger partial charge in [0, 0.05) is 12.1 Å². The van der Waals surface area contributed by atoms with Crippen LogP contribution in [0.4, 0.5) is 0 Å². The molecule has 0 aliphatic heterocycles. The summed E-state index contributed by atoms with van der Waals surface area (Å²) in [6.45, 7) is 5.10. The van der Waals surface area contributed by atoms with Crippen molar-refractivity contribution in [2.45, 2.75) is 0 Å². The van der Waals surface area contributed by atoms with Crippen LogP contribution in [-0.4, -0.2) is 31.1 Å². The minimum absolute atomic E-state index is 0.436. The minimum Gasteiger partial charge on any atom is -0.490 e.